The number of ether oxygens (including phenoxy) is 1. The number of sulfone groups is 1. The molecule has 1 aliphatic rings. The van der Waals surface area contributed by atoms with Gasteiger partial charge in [-0.15, -0.1) is 0 Å². The van der Waals surface area contributed by atoms with E-state index in [1.165, 1.54) is 23.1 Å². The molecule has 1 aliphatic heterocycles. The highest BCUT2D eigenvalue weighted by Crippen LogP contribution is 2.36. The Labute approximate surface area is 182 Å². The summed E-state index contributed by atoms with van der Waals surface area (Å²) >= 11 is 0.566. The van der Waals surface area contributed by atoms with Crippen LogP contribution in [0.25, 0.3) is 0 Å². The lowest BCUT2D eigenvalue weighted by Crippen LogP contribution is -2.48. The predicted molar refractivity (Wildman–Crippen MR) is 111 cm³/mol. The molecule has 3 rings (SSSR count). The second-order valence-corrected chi connectivity index (χ2v) is 10.4. The number of alkyl halides is 3. The van der Waals surface area contributed by atoms with E-state index in [-0.39, 0.29) is 40.5 Å². The highest BCUT2D eigenvalue weighted by molar-refractivity contribution is 7.90. The highest BCUT2D eigenvalue weighted by atomic mass is 32.2. The number of rotatable bonds is 5. The summed E-state index contributed by atoms with van der Waals surface area (Å²) < 4.78 is 68.0. The van der Waals surface area contributed by atoms with Crippen molar-refractivity contribution in [3.8, 4) is 5.75 Å². The quantitative estimate of drug-likeness (QED) is 0.658. The van der Waals surface area contributed by atoms with Crippen molar-refractivity contribution in [2.75, 3.05) is 37.3 Å². The van der Waals surface area contributed by atoms with Crippen molar-refractivity contribution < 1.29 is 31.1 Å². The molecular weight excluding hydrogens is 455 g/mol. The van der Waals surface area contributed by atoms with Crippen LogP contribution in [0.15, 0.2) is 29.3 Å². The Hall–Kier alpha value is -2.34. The van der Waals surface area contributed by atoms with E-state index < -0.39 is 26.8 Å². The second kappa shape index (κ2) is 8.65. The largest absolute Gasteiger partial charge is 0.490 e. The van der Waals surface area contributed by atoms with Crippen LogP contribution in [0.4, 0.5) is 18.3 Å². The zero-order valence-corrected chi connectivity index (χ0v) is 18.8. The average Bonchev–Trinajstić information content (AvgIpc) is 3.17. The molecule has 0 spiro atoms. The molecule has 2 aromatic rings. The first kappa shape index (κ1) is 23.3. The number of thiazole rings is 1. The predicted octanol–water partition coefficient (Wildman–Crippen LogP) is 3.32. The summed E-state index contributed by atoms with van der Waals surface area (Å²) in [6.45, 7) is 4.71. The number of amides is 1. The first-order valence-electron chi connectivity index (χ1n) is 9.44. The molecule has 0 atom stereocenters. The van der Waals surface area contributed by atoms with Crippen LogP contribution < -0.4 is 9.64 Å². The van der Waals surface area contributed by atoms with Crippen LogP contribution in [0.3, 0.4) is 0 Å². The number of piperazine rings is 1. The van der Waals surface area contributed by atoms with Gasteiger partial charge in [0, 0.05) is 32.4 Å². The molecule has 0 saturated carbocycles. The Bertz CT molecular complexity index is 1060. The van der Waals surface area contributed by atoms with Gasteiger partial charge in [-0.05, 0) is 32.0 Å². The molecule has 1 amide bonds. The molecule has 12 heteroatoms. The number of anilines is 1. The standard InChI is InChI=1S/C19H22F3N3O4S2/c1-12(2)29-15-5-4-13(31(3,27)28)10-14(15)17(26)24-6-8-25(9-7-24)18-23-11-16(30-18)19(20,21)22/h4-5,10-12H,6-9H2,1-3H3. The Morgan fingerprint density at radius 3 is 2.35 bits per heavy atom. The number of hydrogen-bond donors (Lipinski definition) is 0. The lowest BCUT2D eigenvalue weighted by Gasteiger charge is -2.35. The lowest BCUT2D eigenvalue weighted by molar-refractivity contribution is -0.134. The molecule has 1 fully saturated rings. The van der Waals surface area contributed by atoms with E-state index >= 15 is 0 Å². The monoisotopic (exact) mass is 477 g/mol. The van der Waals surface area contributed by atoms with Gasteiger partial charge in [0.05, 0.1) is 22.8 Å². The molecule has 1 aromatic carbocycles. The molecule has 0 bridgehead atoms. The van der Waals surface area contributed by atoms with Gasteiger partial charge in [-0.1, -0.05) is 11.3 Å². The maximum Gasteiger partial charge on any atom is 0.427 e. The Kier molecular flexibility index (Phi) is 6.51. The minimum absolute atomic E-state index is 0.00746. The number of carbonyl (C=O) groups excluding carboxylic acids is 1. The maximum absolute atomic E-state index is 13.1. The normalized spacial score (nSPS) is 15.5. The van der Waals surface area contributed by atoms with Crippen molar-refractivity contribution in [1.29, 1.82) is 0 Å². The van der Waals surface area contributed by atoms with Crippen LogP contribution in [0, 0.1) is 0 Å². The number of halogens is 3. The first-order chi connectivity index (χ1) is 14.4. The van der Waals surface area contributed by atoms with Gasteiger partial charge in [0.2, 0.25) is 0 Å². The van der Waals surface area contributed by atoms with Gasteiger partial charge in [0.15, 0.2) is 15.0 Å². The van der Waals surface area contributed by atoms with Crippen molar-refractivity contribution in [3.05, 3.63) is 34.8 Å². The van der Waals surface area contributed by atoms with Crippen molar-refractivity contribution in [2.24, 2.45) is 0 Å². The topological polar surface area (TPSA) is 79.8 Å². The van der Waals surface area contributed by atoms with Crippen molar-refractivity contribution in [2.45, 2.75) is 31.0 Å². The fraction of sp³-hybridized carbons (Fsp3) is 0.474. The van der Waals surface area contributed by atoms with E-state index in [9.17, 15) is 26.4 Å². The zero-order chi connectivity index (χ0) is 23.0. The minimum Gasteiger partial charge on any atom is -0.490 e. The third kappa shape index (κ3) is 5.48. The lowest BCUT2D eigenvalue weighted by atomic mass is 10.1. The van der Waals surface area contributed by atoms with Gasteiger partial charge in [-0.25, -0.2) is 13.4 Å². The molecule has 2 heterocycles. The molecule has 7 nitrogen and oxygen atoms in total. The summed E-state index contributed by atoms with van der Waals surface area (Å²) in [5.74, 6) is -0.111. The molecule has 1 saturated heterocycles. The van der Waals surface area contributed by atoms with E-state index in [1.54, 1.807) is 18.7 Å². The van der Waals surface area contributed by atoms with Crippen LogP contribution in [-0.2, 0) is 16.0 Å². The summed E-state index contributed by atoms with van der Waals surface area (Å²) in [6.07, 6.45) is -2.79. The van der Waals surface area contributed by atoms with Crippen LogP contribution >= 0.6 is 11.3 Å². The van der Waals surface area contributed by atoms with E-state index in [2.05, 4.69) is 4.98 Å². The molecule has 0 unspecified atom stereocenters. The van der Waals surface area contributed by atoms with Crippen LogP contribution in [-0.4, -0.2) is 62.7 Å². The number of hydrogen-bond acceptors (Lipinski definition) is 7. The van der Waals surface area contributed by atoms with E-state index in [0.717, 1.165) is 12.5 Å². The van der Waals surface area contributed by atoms with Crippen LogP contribution in [0.5, 0.6) is 5.75 Å². The minimum atomic E-state index is -4.44. The van der Waals surface area contributed by atoms with Crippen LogP contribution in [0.2, 0.25) is 0 Å². The fourth-order valence-electron chi connectivity index (χ4n) is 3.08. The van der Waals surface area contributed by atoms with Gasteiger partial charge in [0.25, 0.3) is 5.91 Å². The fourth-order valence-corrected chi connectivity index (χ4v) is 4.56. The Morgan fingerprint density at radius 1 is 1.19 bits per heavy atom. The van der Waals surface area contributed by atoms with Gasteiger partial charge < -0.3 is 14.5 Å². The molecule has 31 heavy (non-hydrogen) atoms. The number of nitrogens with zero attached hydrogens (tertiary/aromatic N) is 3. The Morgan fingerprint density at radius 2 is 1.84 bits per heavy atom. The summed E-state index contributed by atoms with van der Waals surface area (Å²) in [5.41, 5.74) is 0.138. The molecular formula is C19H22F3N3O4S2. The zero-order valence-electron chi connectivity index (χ0n) is 17.1. The first-order valence-corrected chi connectivity index (χ1v) is 12.1. The third-order valence-electron chi connectivity index (χ3n) is 4.58. The molecule has 0 aliphatic carbocycles. The number of carbonyl (C=O) groups is 1. The number of benzene rings is 1. The van der Waals surface area contributed by atoms with E-state index in [0.29, 0.717) is 24.4 Å². The molecule has 170 valence electrons. The van der Waals surface area contributed by atoms with Gasteiger partial charge >= 0.3 is 6.18 Å². The van der Waals surface area contributed by atoms with Crippen molar-refractivity contribution in [1.82, 2.24) is 9.88 Å². The Balaban J connectivity index is 1.77. The van der Waals surface area contributed by atoms with Gasteiger partial charge in [-0.2, -0.15) is 13.2 Å². The van der Waals surface area contributed by atoms with Gasteiger partial charge in [-0.3, -0.25) is 4.79 Å². The summed E-state index contributed by atoms with van der Waals surface area (Å²) in [6, 6.07) is 4.16. The van der Waals surface area contributed by atoms with Crippen molar-refractivity contribution >= 4 is 32.2 Å². The summed E-state index contributed by atoms with van der Waals surface area (Å²) in [5, 5.41) is 0.252. The number of aromatic nitrogens is 1. The average molecular weight is 478 g/mol. The van der Waals surface area contributed by atoms with Crippen LogP contribution in [0.1, 0.15) is 29.1 Å². The van der Waals surface area contributed by atoms with Gasteiger partial charge in [0.1, 0.15) is 10.6 Å². The smallest absolute Gasteiger partial charge is 0.427 e. The molecule has 0 radical (unpaired) electrons. The molecule has 0 N–H and O–H groups in total. The SMILES string of the molecule is CC(C)Oc1ccc(S(C)(=O)=O)cc1C(=O)N1CCN(c2ncc(C(F)(F)F)s2)CC1. The highest BCUT2D eigenvalue weighted by Gasteiger charge is 2.34. The molecule has 1 aromatic heterocycles. The van der Waals surface area contributed by atoms with E-state index in [4.69, 9.17) is 4.74 Å². The second-order valence-electron chi connectivity index (χ2n) is 7.38. The maximum atomic E-state index is 13.1. The van der Waals surface area contributed by atoms with Crippen molar-refractivity contribution in [3.63, 3.8) is 0 Å². The van der Waals surface area contributed by atoms with E-state index in [1.807, 2.05) is 0 Å². The third-order valence-corrected chi connectivity index (χ3v) is 6.80. The summed E-state index contributed by atoms with van der Waals surface area (Å²) in [4.78, 5) is 19.5. The summed E-state index contributed by atoms with van der Waals surface area (Å²) in [7, 11) is -3.52.